The lowest BCUT2D eigenvalue weighted by molar-refractivity contribution is 0.102. The average molecular weight is 445 g/mol. The first-order valence-electron chi connectivity index (χ1n) is 11.0. The summed E-state index contributed by atoms with van der Waals surface area (Å²) in [5.41, 5.74) is 3.33. The van der Waals surface area contributed by atoms with Crippen LogP contribution in [0.25, 0.3) is 22.3 Å². The van der Waals surface area contributed by atoms with Crippen molar-refractivity contribution < 1.29 is 14.3 Å². The molecule has 0 aliphatic rings. The highest BCUT2D eigenvalue weighted by atomic mass is 16.5. The Bertz CT molecular complexity index is 1280. The largest absolute Gasteiger partial charge is 0.497 e. The molecule has 1 amide bonds. The fourth-order valence-corrected chi connectivity index (χ4v) is 3.62. The Labute approximate surface area is 193 Å². The van der Waals surface area contributed by atoms with Crippen molar-refractivity contribution in [3.8, 4) is 22.8 Å². The van der Waals surface area contributed by atoms with Crippen molar-refractivity contribution in [3.05, 3.63) is 66.4 Å². The maximum absolute atomic E-state index is 13.6. The molecule has 0 bridgehead atoms. The number of benzene rings is 2. The fourth-order valence-electron chi connectivity index (χ4n) is 3.62. The molecule has 0 fully saturated rings. The Hall–Kier alpha value is -3.87. The molecule has 4 aromatic rings. The summed E-state index contributed by atoms with van der Waals surface area (Å²) in [7, 11) is 1.59. The zero-order valence-corrected chi connectivity index (χ0v) is 19.5. The molecule has 0 saturated heterocycles. The Morgan fingerprint density at radius 3 is 2.45 bits per heavy atom. The number of aromatic nitrogens is 3. The van der Waals surface area contributed by atoms with E-state index in [0.29, 0.717) is 39.5 Å². The molecule has 2 aromatic carbocycles. The normalized spacial score (nSPS) is 11.2. The molecule has 4 rings (SSSR count). The highest BCUT2D eigenvalue weighted by Gasteiger charge is 2.20. The minimum atomic E-state index is -0.273. The molecule has 7 heteroatoms. The summed E-state index contributed by atoms with van der Waals surface area (Å²) in [6, 6.07) is 17.1. The van der Waals surface area contributed by atoms with Gasteiger partial charge in [0.2, 0.25) is 0 Å². The minimum Gasteiger partial charge on any atom is -0.497 e. The van der Waals surface area contributed by atoms with E-state index in [1.54, 1.807) is 31.5 Å². The third-order valence-corrected chi connectivity index (χ3v) is 5.17. The minimum absolute atomic E-state index is 0.0457. The summed E-state index contributed by atoms with van der Waals surface area (Å²) in [6.07, 6.45) is 1.65. The Morgan fingerprint density at radius 2 is 1.79 bits per heavy atom. The number of rotatable bonds is 7. The maximum atomic E-state index is 13.6. The third kappa shape index (κ3) is 4.67. The first kappa shape index (κ1) is 22.3. The molecule has 0 aliphatic heterocycles. The van der Waals surface area contributed by atoms with Gasteiger partial charge in [-0.25, -0.2) is 9.67 Å². The summed E-state index contributed by atoms with van der Waals surface area (Å²) in [5.74, 6) is 0.925. The second-order valence-corrected chi connectivity index (χ2v) is 8.32. The third-order valence-electron chi connectivity index (χ3n) is 5.17. The topological polar surface area (TPSA) is 78.3 Å². The predicted octanol–water partition coefficient (Wildman–Crippen LogP) is 5.73. The maximum Gasteiger partial charge on any atom is 0.256 e. The van der Waals surface area contributed by atoms with Crippen LogP contribution in [0.3, 0.4) is 0 Å². The predicted molar refractivity (Wildman–Crippen MR) is 130 cm³/mol. The molecule has 170 valence electrons. The zero-order chi connectivity index (χ0) is 23.5. The van der Waals surface area contributed by atoms with E-state index in [9.17, 15) is 4.79 Å². The number of nitrogens with one attached hydrogen (secondary N) is 1. The number of carbonyl (C=O) groups is 1. The van der Waals surface area contributed by atoms with E-state index in [-0.39, 0.29) is 18.1 Å². The van der Waals surface area contributed by atoms with Crippen molar-refractivity contribution in [2.45, 2.75) is 39.8 Å². The number of nitrogens with zero attached hydrogens (tertiary/aromatic N) is 3. The Balaban J connectivity index is 1.82. The van der Waals surface area contributed by atoms with Gasteiger partial charge in [-0.15, -0.1) is 0 Å². The van der Waals surface area contributed by atoms with Gasteiger partial charge < -0.3 is 14.8 Å². The Morgan fingerprint density at radius 1 is 1.03 bits per heavy atom. The average Bonchev–Trinajstić information content (AvgIpc) is 3.24. The van der Waals surface area contributed by atoms with Gasteiger partial charge in [0, 0.05) is 17.7 Å². The van der Waals surface area contributed by atoms with Crippen LogP contribution in [0.1, 0.15) is 44.1 Å². The summed E-state index contributed by atoms with van der Waals surface area (Å²) in [5, 5.41) is 8.19. The van der Waals surface area contributed by atoms with Crippen molar-refractivity contribution in [2.75, 3.05) is 12.4 Å². The van der Waals surface area contributed by atoms with Gasteiger partial charge in [0.25, 0.3) is 5.91 Å². The number of pyridine rings is 1. The van der Waals surface area contributed by atoms with E-state index in [1.807, 2.05) is 68.8 Å². The highest BCUT2D eigenvalue weighted by Crippen LogP contribution is 2.32. The molecular formula is C26H28N4O3. The van der Waals surface area contributed by atoms with Gasteiger partial charge in [-0.2, -0.15) is 5.10 Å². The SMILES string of the molecule is COc1ccc(OC(C)C)c(NC(=O)c2cc(-c3ccccc3)nc3c2cnn3C(C)C)c1. The number of hydrogen-bond donors (Lipinski definition) is 1. The number of anilines is 1. The van der Waals surface area contributed by atoms with Gasteiger partial charge in [-0.1, -0.05) is 30.3 Å². The number of fused-ring (bicyclic) bond motifs is 1. The van der Waals surface area contributed by atoms with Crippen LogP contribution in [-0.4, -0.2) is 33.9 Å². The molecule has 33 heavy (non-hydrogen) atoms. The van der Waals surface area contributed by atoms with Gasteiger partial charge in [0.05, 0.1) is 41.7 Å². The van der Waals surface area contributed by atoms with E-state index in [4.69, 9.17) is 14.5 Å². The van der Waals surface area contributed by atoms with Gasteiger partial charge in [0.1, 0.15) is 11.5 Å². The summed E-state index contributed by atoms with van der Waals surface area (Å²) in [6.45, 7) is 7.95. The van der Waals surface area contributed by atoms with Crippen LogP contribution in [0.5, 0.6) is 11.5 Å². The highest BCUT2D eigenvalue weighted by molar-refractivity contribution is 6.13. The Kier molecular flexibility index (Phi) is 6.31. The van der Waals surface area contributed by atoms with Gasteiger partial charge in [-0.3, -0.25) is 4.79 Å². The number of amides is 1. The van der Waals surface area contributed by atoms with Crippen LogP contribution < -0.4 is 14.8 Å². The van der Waals surface area contributed by atoms with Crippen LogP contribution in [0.4, 0.5) is 5.69 Å². The smallest absolute Gasteiger partial charge is 0.256 e. The van der Waals surface area contributed by atoms with E-state index in [0.717, 1.165) is 5.56 Å². The summed E-state index contributed by atoms with van der Waals surface area (Å²) >= 11 is 0. The quantitative estimate of drug-likeness (QED) is 0.394. The lowest BCUT2D eigenvalue weighted by atomic mass is 10.1. The number of carbonyl (C=O) groups excluding carboxylic acids is 1. The first-order valence-corrected chi connectivity index (χ1v) is 11.0. The van der Waals surface area contributed by atoms with Crippen LogP contribution in [0.15, 0.2) is 60.8 Å². The molecule has 0 unspecified atom stereocenters. The molecule has 0 atom stereocenters. The fraction of sp³-hybridized carbons (Fsp3) is 0.269. The van der Waals surface area contributed by atoms with Gasteiger partial charge in [0.15, 0.2) is 5.65 Å². The first-order chi connectivity index (χ1) is 15.9. The standard InChI is InChI=1S/C26H28N4O3/c1-16(2)30-25-21(15-27-30)20(14-22(28-25)18-9-7-6-8-10-18)26(31)29-23-13-19(32-5)11-12-24(23)33-17(3)4/h6-17H,1-5H3,(H,29,31). The molecule has 7 nitrogen and oxygen atoms in total. The van der Waals surface area contributed by atoms with E-state index in [2.05, 4.69) is 10.4 Å². The van der Waals surface area contributed by atoms with E-state index < -0.39 is 0 Å². The molecular weight excluding hydrogens is 416 g/mol. The molecule has 0 spiro atoms. The molecule has 0 saturated carbocycles. The molecule has 0 aliphatic carbocycles. The van der Waals surface area contributed by atoms with Crippen LogP contribution >= 0.6 is 0 Å². The monoisotopic (exact) mass is 444 g/mol. The van der Waals surface area contributed by atoms with Crippen LogP contribution in [0, 0.1) is 0 Å². The van der Waals surface area contributed by atoms with Crippen molar-refractivity contribution >= 4 is 22.6 Å². The summed E-state index contributed by atoms with van der Waals surface area (Å²) < 4.78 is 13.1. The number of hydrogen-bond acceptors (Lipinski definition) is 5. The van der Waals surface area contributed by atoms with Crippen molar-refractivity contribution in [2.24, 2.45) is 0 Å². The van der Waals surface area contributed by atoms with Crippen LogP contribution in [0.2, 0.25) is 0 Å². The van der Waals surface area contributed by atoms with Crippen molar-refractivity contribution in [3.63, 3.8) is 0 Å². The molecule has 2 heterocycles. The molecule has 2 aromatic heterocycles. The number of ether oxygens (including phenoxy) is 2. The molecule has 0 radical (unpaired) electrons. The van der Waals surface area contributed by atoms with E-state index >= 15 is 0 Å². The van der Waals surface area contributed by atoms with Crippen LogP contribution in [-0.2, 0) is 0 Å². The molecule has 1 N–H and O–H groups in total. The van der Waals surface area contributed by atoms with Crippen molar-refractivity contribution in [1.82, 2.24) is 14.8 Å². The van der Waals surface area contributed by atoms with Gasteiger partial charge in [-0.05, 0) is 45.9 Å². The second-order valence-electron chi connectivity index (χ2n) is 8.32. The van der Waals surface area contributed by atoms with E-state index in [1.165, 1.54) is 0 Å². The number of methoxy groups -OCH3 is 1. The lowest BCUT2D eigenvalue weighted by Gasteiger charge is -2.16. The second kappa shape index (κ2) is 9.32. The van der Waals surface area contributed by atoms with Crippen molar-refractivity contribution in [1.29, 1.82) is 0 Å². The van der Waals surface area contributed by atoms with Gasteiger partial charge >= 0.3 is 0 Å². The summed E-state index contributed by atoms with van der Waals surface area (Å²) in [4.78, 5) is 18.4. The zero-order valence-electron chi connectivity index (χ0n) is 19.5. The lowest BCUT2D eigenvalue weighted by Crippen LogP contribution is -2.15.